The Bertz CT molecular complexity index is 1260. The van der Waals surface area contributed by atoms with Gasteiger partial charge in [-0.2, -0.15) is 5.10 Å². The maximum Gasteiger partial charge on any atom is 0.343 e. The molecule has 3 aromatic rings. The Morgan fingerprint density at radius 3 is 2.36 bits per heavy atom. The number of methoxy groups -OCH3 is 2. The number of amides is 2. The second-order valence-electron chi connectivity index (χ2n) is 7.31. The molecule has 0 radical (unpaired) electrons. The summed E-state index contributed by atoms with van der Waals surface area (Å²) in [6, 6.07) is 18.4. The zero-order chi connectivity index (χ0) is 25.9. The molecule has 0 unspecified atom stereocenters. The quantitative estimate of drug-likeness (QED) is 0.170. The molecule has 0 bridgehead atoms. The topological polar surface area (TPSA) is 115 Å². The number of ether oxygens (including phenoxy) is 3. The van der Waals surface area contributed by atoms with Gasteiger partial charge in [-0.3, -0.25) is 9.59 Å². The molecule has 3 rings (SSSR count). The highest BCUT2D eigenvalue weighted by molar-refractivity contribution is 9.10. The van der Waals surface area contributed by atoms with Crippen LogP contribution < -0.4 is 25.0 Å². The maximum absolute atomic E-state index is 12.4. The van der Waals surface area contributed by atoms with Gasteiger partial charge >= 0.3 is 5.97 Å². The number of nitrogens with one attached hydrogen (secondary N) is 2. The Hall–Kier alpha value is -4.18. The van der Waals surface area contributed by atoms with E-state index in [9.17, 15) is 14.4 Å². The van der Waals surface area contributed by atoms with Gasteiger partial charge in [-0.05, 0) is 76.1 Å². The summed E-state index contributed by atoms with van der Waals surface area (Å²) in [6.07, 6.45) is 1.52. The van der Waals surface area contributed by atoms with Crippen molar-refractivity contribution in [3.63, 3.8) is 0 Å². The molecule has 3 aromatic carbocycles. The fraction of sp³-hybridized carbons (Fsp3) is 0.154. The van der Waals surface area contributed by atoms with E-state index in [2.05, 4.69) is 31.8 Å². The molecule has 0 aliphatic rings. The van der Waals surface area contributed by atoms with E-state index in [-0.39, 0.29) is 24.8 Å². The van der Waals surface area contributed by atoms with Crippen LogP contribution in [0.1, 0.15) is 32.7 Å². The van der Waals surface area contributed by atoms with Crippen molar-refractivity contribution in [2.45, 2.75) is 6.42 Å². The lowest BCUT2D eigenvalue weighted by Crippen LogP contribution is -2.29. The minimum atomic E-state index is -0.545. The molecule has 0 heterocycles. The fourth-order valence-corrected chi connectivity index (χ4v) is 3.48. The highest BCUT2D eigenvalue weighted by Crippen LogP contribution is 2.28. The fourth-order valence-electron chi connectivity index (χ4n) is 3.02. The second-order valence-corrected chi connectivity index (χ2v) is 8.16. The lowest BCUT2D eigenvalue weighted by molar-refractivity contribution is -0.120. The minimum absolute atomic E-state index is 0.0680. The van der Waals surface area contributed by atoms with Crippen LogP contribution in [0.3, 0.4) is 0 Å². The SMILES string of the molecule is COc1ccc(C(=O)Oc2ccc(C=NNC(=O)CCNC(=O)c3ccccc3Br)cc2)cc1OC. The van der Waals surface area contributed by atoms with Crippen molar-refractivity contribution in [2.75, 3.05) is 20.8 Å². The molecule has 0 atom stereocenters. The van der Waals surface area contributed by atoms with Crippen LogP contribution >= 0.6 is 15.9 Å². The summed E-state index contributed by atoms with van der Waals surface area (Å²) in [5.74, 6) is 0.111. The van der Waals surface area contributed by atoms with Gasteiger partial charge in [0, 0.05) is 17.4 Å². The average molecular weight is 554 g/mol. The molecule has 0 aliphatic carbocycles. The smallest absolute Gasteiger partial charge is 0.343 e. The van der Waals surface area contributed by atoms with Crippen LogP contribution in [0.5, 0.6) is 17.2 Å². The first-order valence-corrected chi connectivity index (χ1v) is 11.6. The lowest BCUT2D eigenvalue weighted by Gasteiger charge is -2.09. The van der Waals surface area contributed by atoms with E-state index >= 15 is 0 Å². The van der Waals surface area contributed by atoms with E-state index in [0.717, 1.165) is 0 Å². The molecule has 186 valence electrons. The zero-order valence-electron chi connectivity index (χ0n) is 19.6. The van der Waals surface area contributed by atoms with Crippen LogP contribution in [0.2, 0.25) is 0 Å². The first-order valence-electron chi connectivity index (χ1n) is 10.8. The Morgan fingerprint density at radius 1 is 0.944 bits per heavy atom. The number of hydrogen-bond acceptors (Lipinski definition) is 7. The second kappa shape index (κ2) is 13.1. The standard InChI is InChI=1S/C26H24BrN3O6/c1-34-22-12-9-18(15-23(22)35-2)26(33)36-19-10-7-17(8-11-19)16-29-30-24(31)13-14-28-25(32)20-5-3-4-6-21(20)27/h3-12,15-16H,13-14H2,1-2H3,(H,28,32)(H,30,31). The van der Waals surface area contributed by atoms with Gasteiger partial charge < -0.3 is 19.5 Å². The minimum Gasteiger partial charge on any atom is -0.493 e. The molecule has 0 fully saturated rings. The van der Waals surface area contributed by atoms with E-state index in [0.29, 0.717) is 38.4 Å². The highest BCUT2D eigenvalue weighted by Gasteiger charge is 2.13. The highest BCUT2D eigenvalue weighted by atomic mass is 79.9. The summed E-state index contributed by atoms with van der Waals surface area (Å²) in [4.78, 5) is 36.5. The first-order chi connectivity index (χ1) is 17.4. The number of benzene rings is 3. The summed E-state index contributed by atoms with van der Waals surface area (Å²) in [7, 11) is 3.00. The lowest BCUT2D eigenvalue weighted by atomic mass is 10.2. The Balaban J connectivity index is 1.44. The molecular formula is C26H24BrN3O6. The van der Waals surface area contributed by atoms with Crippen molar-refractivity contribution < 1.29 is 28.6 Å². The van der Waals surface area contributed by atoms with Crippen LogP contribution in [0.15, 0.2) is 76.3 Å². The Morgan fingerprint density at radius 2 is 1.67 bits per heavy atom. The van der Waals surface area contributed by atoms with E-state index in [1.165, 1.54) is 26.5 Å². The molecular weight excluding hydrogens is 530 g/mol. The number of hydrogen-bond donors (Lipinski definition) is 2. The third-order valence-corrected chi connectivity index (χ3v) is 5.56. The van der Waals surface area contributed by atoms with Crippen molar-refractivity contribution in [3.05, 3.63) is 87.9 Å². The number of halogens is 1. The molecule has 10 heteroatoms. The monoisotopic (exact) mass is 553 g/mol. The van der Waals surface area contributed by atoms with Gasteiger partial charge in [-0.1, -0.05) is 12.1 Å². The molecule has 0 saturated heterocycles. The molecule has 36 heavy (non-hydrogen) atoms. The normalized spacial score (nSPS) is 10.5. The van der Waals surface area contributed by atoms with Crippen LogP contribution in [-0.2, 0) is 4.79 Å². The number of hydrazone groups is 1. The molecule has 9 nitrogen and oxygen atoms in total. The molecule has 0 saturated carbocycles. The van der Waals surface area contributed by atoms with Gasteiger partial charge in [0.15, 0.2) is 11.5 Å². The van der Waals surface area contributed by atoms with Crippen molar-refractivity contribution >= 4 is 39.9 Å². The first kappa shape index (κ1) is 26.4. The number of carbonyl (C=O) groups is 3. The number of rotatable bonds is 10. The predicted octanol–water partition coefficient (Wildman–Crippen LogP) is 3.96. The van der Waals surface area contributed by atoms with Crippen molar-refractivity contribution in [2.24, 2.45) is 5.10 Å². The Kier molecular flexibility index (Phi) is 9.58. The average Bonchev–Trinajstić information content (AvgIpc) is 2.89. The van der Waals surface area contributed by atoms with Crippen LogP contribution in [-0.4, -0.2) is 44.8 Å². The summed E-state index contributed by atoms with van der Waals surface area (Å²) in [5, 5.41) is 6.60. The van der Waals surface area contributed by atoms with Crippen molar-refractivity contribution in [1.29, 1.82) is 0 Å². The van der Waals surface area contributed by atoms with E-state index in [1.54, 1.807) is 54.6 Å². The maximum atomic E-state index is 12.4. The van der Waals surface area contributed by atoms with Gasteiger partial charge in [0.25, 0.3) is 5.91 Å². The molecule has 0 aromatic heterocycles. The largest absolute Gasteiger partial charge is 0.493 e. The summed E-state index contributed by atoms with van der Waals surface area (Å²) < 4.78 is 16.4. The van der Waals surface area contributed by atoms with Crippen molar-refractivity contribution in [3.8, 4) is 17.2 Å². The predicted molar refractivity (Wildman–Crippen MR) is 138 cm³/mol. The third-order valence-electron chi connectivity index (χ3n) is 4.87. The summed E-state index contributed by atoms with van der Waals surface area (Å²) >= 11 is 3.32. The van der Waals surface area contributed by atoms with Gasteiger partial charge in [0.05, 0.1) is 31.6 Å². The van der Waals surface area contributed by atoms with Crippen LogP contribution in [0, 0.1) is 0 Å². The molecule has 0 aliphatic heterocycles. The van der Waals surface area contributed by atoms with Gasteiger partial charge in [-0.25, -0.2) is 10.2 Å². The summed E-state index contributed by atoms with van der Waals surface area (Å²) in [5.41, 5.74) is 3.90. The van der Waals surface area contributed by atoms with Crippen molar-refractivity contribution in [1.82, 2.24) is 10.7 Å². The molecule has 2 N–H and O–H groups in total. The van der Waals surface area contributed by atoms with Gasteiger partial charge in [0.2, 0.25) is 5.91 Å². The number of nitrogens with zero attached hydrogens (tertiary/aromatic N) is 1. The summed E-state index contributed by atoms with van der Waals surface area (Å²) in [6.45, 7) is 0.168. The van der Waals surface area contributed by atoms with Gasteiger partial charge in [0.1, 0.15) is 5.75 Å². The van der Waals surface area contributed by atoms with E-state index < -0.39 is 5.97 Å². The van der Waals surface area contributed by atoms with Crippen LogP contribution in [0.25, 0.3) is 0 Å². The number of carbonyl (C=O) groups excluding carboxylic acids is 3. The van der Waals surface area contributed by atoms with Gasteiger partial charge in [-0.15, -0.1) is 0 Å². The molecule has 0 spiro atoms. The number of esters is 1. The van der Waals surface area contributed by atoms with E-state index in [1.807, 2.05) is 6.07 Å². The Labute approximate surface area is 216 Å². The van der Waals surface area contributed by atoms with E-state index in [4.69, 9.17) is 14.2 Å². The van der Waals surface area contributed by atoms with Crippen LogP contribution in [0.4, 0.5) is 0 Å². The molecule has 2 amide bonds. The third kappa shape index (κ3) is 7.41. The zero-order valence-corrected chi connectivity index (χ0v) is 21.2.